The van der Waals surface area contributed by atoms with Gasteiger partial charge >= 0.3 is 0 Å². The fourth-order valence-corrected chi connectivity index (χ4v) is 3.20. The van der Waals surface area contributed by atoms with Crippen molar-refractivity contribution >= 4 is 11.8 Å². The molecule has 1 aliphatic heterocycles. The van der Waals surface area contributed by atoms with Crippen molar-refractivity contribution in [3.05, 3.63) is 51.9 Å². The van der Waals surface area contributed by atoms with Crippen LogP contribution in [0, 0.1) is 6.92 Å². The maximum absolute atomic E-state index is 12.1. The number of benzene rings is 1. The highest BCUT2D eigenvalue weighted by atomic mass is 32.2. The molecule has 5 nitrogen and oxygen atoms in total. The number of aromatic amines is 1. The number of hydrogen-bond acceptors (Lipinski definition) is 5. The lowest BCUT2D eigenvalue weighted by Gasteiger charge is -2.22. The van der Waals surface area contributed by atoms with Gasteiger partial charge in [-0.1, -0.05) is 41.6 Å². The minimum atomic E-state index is -0.336. The number of hydrogen-bond donors (Lipinski definition) is 1. The summed E-state index contributed by atoms with van der Waals surface area (Å²) in [6.45, 7) is 2.74. The summed E-state index contributed by atoms with van der Waals surface area (Å²) < 4.78 is 11.1. The molecule has 1 saturated heterocycles. The van der Waals surface area contributed by atoms with E-state index in [0.29, 0.717) is 11.8 Å². The Kier molecular flexibility index (Phi) is 5.35. The molecule has 3 rings (SSSR count). The van der Waals surface area contributed by atoms with Crippen molar-refractivity contribution in [1.82, 2.24) is 9.97 Å². The van der Waals surface area contributed by atoms with Crippen LogP contribution in [0.4, 0.5) is 0 Å². The van der Waals surface area contributed by atoms with Gasteiger partial charge in [0.1, 0.15) is 0 Å². The molecule has 1 aliphatic rings. The molecule has 0 amide bonds. The van der Waals surface area contributed by atoms with Gasteiger partial charge in [-0.2, -0.15) is 0 Å². The quantitative estimate of drug-likeness (QED) is 0.672. The van der Waals surface area contributed by atoms with E-state index in [-0.39, 0.29) is 17.6 Å². The highest BCUT2D eigenvalue weighted by molar-refractivity contribution is 7.98. The number of ether oxygens (including phenoxy) is 2. The van der Waals surface area contributed by atoms with Crippen molar-refractivity contribution < 1.29 is 9.47 Å². The fourth-order valence-electron chi connectivity index (χ4n) is 2.42. The van der Waals surface area contributed by atoms with Crippen LogP contribution in [0.3, 0.4) is 0 Å². The van der Waals surface area contributed by atoms with Gasteiger partial charge in [-0.3, -0.25) is 9.78 Å². The predicted octanol–water partition coefficient (Wildman–Crippen LogP) is 3.28. The number of aromatic nitrogens is 2. The monoisotopic (exact) mass is 332 g/mol. The summed E-state index contributed by atoms with van der Waals surface area (Å²) in [7, 11) is 0. The standard InChI is InChI=1S/C17H20N2O3S/c1-12-5-4-6-13(9-12)11-23-17-18-10-14(16(20)19-17)22-15-7-2-3-8-21-15/h4-6,9-10,15H,2-3,7-8,11H2,1H3,(H,18,19,20). The molecule has 1 aromatic carbocycles. The first-order valence-corrected chi connectivity index (χ1v) is 8.75. The van der Waals surface area contributed by atoms with E-state index in [1.54, 1.807) is 0 Å². The van der Waals surface area contributed by atoms with Crippen molar-refractivity contribution in [3.63, 3.8) is 0 Å². The Labute approximate surface area is 139 Å². The Morgan fingerprint density at radius 2 is 2.35 bits per heavy atom. The lowest BCUT2D eigenvalue weighted by molar-refractivity contribution is -0.106. The van der Waals surface area contributed by atoms with Crippen LogP contribution in [0.2, 0.25) is 0 Å². The third-order valence-corrected chi connectivity index (χ3v) is 4.56. The first-order valence-electron chi connectivity index (χ1n) is 7.76. The van der Waals surface area contributed by atoms with Crippen molar-refractivity contribution in [2.45, 2.75) is 43.4 Å². The smallest absolute Gasteiger partial charge is 0.294 e. The number of rotatable bonds is 5. The molecule has 0 radical (unpaired) electrons. The molecule has 1 unspecified atom stereocenters. The molecule has 2 aromatic rings. The van der Waals surface area contributed by atoms with Crippen LogP contribution in [0.25, 0.3) is 0 Å². The van der Waals surface area contributed by atoms with Gasteiger partial charge in [0, 0.05) is 12.2 Å². The molecule has 0 spiro atoms. The average Bonchev–Trinajstić information content (AvgIpc) is 2.56. The van der Waals surface area contributed by atoms with Crippen LogP contribution in [0.1, 0.15) is 30.4 Å². The third-order valence-electron chi connectivity index (χ3n) is 3.60. The summed E-state index contributed by atoms with van der Waals surface area (Å²) in [5, 5.41) is 0.591. The molecule has 23 heavy (non-hydrogen) atoms. The fraction of sp³-hybridized carbons (Fsp3) is 0.412. The highest BCUT2D eigenvalue weighted by Crippen LogP contribution is 2.20. The molecular formula is C17H20N2O3S. The number of nitrogens with zero attached hydrogens (tertiary/aromatic N) is 1. The van der Waals surface area contributed by atoms with Crippen LogP contribution in [0.15, 0.2) is 40.4 Å². The Balaban J connectivity index is 1.61. The van der Waals surface area contributed by atoms with Gasteiger partial charge in [0.05, 0.1) is 12.8 Å². The molecule has 122 valence electrons. The van der Waals surface area contributed by atoms with E-state index in [0.717, 1.165) is 25.0 Å². The molecular weight excluding hydrogens is 312 g/mol. The minimum Gasteiger partial charge on any atom is -0.458 e. The number of nitrogens with one attached hydrogen (secondary N) is 1. The van der Waals surface area contributed by atoms with E-state index in [4.69, 9.17) is 9.47 Å². The SMILES string of the molecule is Cc1cccc(CSc2ncc(OC3CCCCO3)c(=O)[nH]2)c1. The van der Waals surface area contributed by atoms with Gasteiger partial charge in [-0.25, -0.2) is 4.98 Å². The Bertz CT molecular complexity index is 711. The third kappa shape index (κ3) is 4.59. The summed E-state index contributed by atoms with van der Waals surface area (Å²) in [5.41, 5.74) is 2.16. The molecule has 2 heterocycles. The van der Waals surface area contributed by atoms with Crippen molar-refractivity contribution in [1.29, 1.82) is 0 Å². The van der Waals surface area contributed by atoms with Crippen LogP contribution >= 0.6 is 11.8 Å². The first-order chi connectivity index (χ1) is 11.2. The van der Waals surface area contributed by atoms with E-state index in [9.17, 15) is 4.79 Å². The van der Waals surface area contributed by atoms with Crippen LogP contribution in [-0.4, -0.2) is 22.9 Å². The molecule has 6 heteroatoms. The zero-order valence-corrected chi connectivity index (χ0v) is 13.9. The normalized spacial score (nSPS) is 17.9. The van der Waals surface area contributed by atoms with E-state index in [1.807, 2.05) is 6.07 Å². The lowest BCUT2D eigenvalue weighted by atomic mass is 10.2. The summed E-state index contributed by atoms with van der Waals surface area (Å²) in [6, 6.07) is 8.29. The maximum atomic E-state index is 12.1. The molecule has 1 atom stereocenters. The largest absolute Gasteiger partial charge is 0.458 e. The van der Waals surface area contributed by atoms with Crippen LogP contribution < -0.4 is 10.3 Å². The lowest BCUT2D eigenvalue weighted by Crippen LogP contribution is -2.27. The first kappa shape index (κ1) is 16.1. The molecule has 0 saturated carbocycles. The van der Waals surface area contributed by atoms with Gasteiger partial charge in [-0.05, 0) is 25.3 Å². The van der Waals surface area contributed by atoms with E-state index < -0.39 is 0 Å². The molecule has 0 aliphatic carbocycles. The zero-order chi connectivity index (χ0) is 16.1. The molecule has 1 fully saturated rings. The minimum absolute atomic E-state index is 0.219. The second kappa shape index (κ2) is 7.66. The molecule has 1 aromatic heterocycles. The summed E-state index contributed by atoms with van der Waals surface area (Å²) in [6.07, 6.45) is 4.06. The van der Waals surface area contributed by atoms with Crippen molar-refractivity contribution in [2.24, 2.45) is 0 Å². The highest BCUT2D eigenvalue weighted by Gasteiger charge is 2.17. The summed E-state index contributed by atoms with van der Waals surface area (Å²) in [4.78, 5) is 19.1. The van der Waals surface area contributed by atoms with Gasteiger partial charge in [0.2, 0.25) is 5.75 Å². The average molecular weight is 332 g/mol. The zero-order valence-electron chi connectivity index (χ0n) is 13.1. The van der Waals surface area contributed by atoms with Crippen molar-refractivity contribution in [3.8, 4) is 5.75 Å². The van der Waals surface area contributed by atoms with Crippen LogP contribution in [0.5, 0.6) is 5.75 Å². The Morgan fingerprint density at radius 1 is 1.43 bits per heavy atom. The van der Waals surface area contributed by atoms with Gasteiger partial charge < -0.3 is 9.47 Å². The van der Waals surface area contributed by atoms with E-state index in [2.05, 4.69) is 35.1 Å². The molecule has 1 N–H and O–H groups in total. The van der Waals surface area contributed by atoms with Crippen molar-refractivity contribution in [2.75, 3.05) is 6.61 Å². The Morgan fingerprint density at radius 3 is 3.09 bits per heavy atom. The second-order valence-corrected chi connectivity index (χ2v) is 6.54. The number of thioether (sulfide) groups is 1. The Hall–Kier alpha value is -1.79. The topological polar surface area (TPSA) is 64.2 Å². The van der Waals surface area contributed by atoms with Gasteiger partial charge in [0.25, 0.3) is 5.56 Å². The summed E-state index contributed by atoms with van der Waals surface area (Å²) in [5.74, 6) is 0.980. The summed E-state index contributed by atoms with van der Waals surface area (Å²) >= 11 is 1.50. The van der Waals surface area contributed by atoms with E-state index >= 15 is 0 Å². The second-order valence-electron chi connectivity index (χ2n) is 5.57. The maximum Gasteiger partial charge on any atom is 0.294 e. The van der Waals surface area contributed by atoms with E-state index in [1.165, 1.54) is 29.1 Å². The van der Waals surface area contributed by atoms with Gasteiger partial charge in [-0.15, -0.1) is 0 Å². The number of H-pyrrole nitrogens is 1. The van der Waals surface area contributed by atoms with Crippen LogP contribution in [-0.2, 0) is 10.5 Å². The predicted molar refractivity (Wildman–Crippen MR) is 89.8 cm³/mol. The number of aryl methyl sites for hydroxylation is 1. The van der Waals surface area contributed by atoms with Gasteiger partial charge in [0.15, 0.2) is 11.4 Å². The molecule has 0 bridgehead atoms.